The zero-order valence-corrected chi connectivity index (χ0v) is 10.1. The number of hydrogen-bond donors (Lipinski definition) is 2. The van der Waals surface area contributed by atoms with Gasteiger partial charge in [0.2, 0.25) is 0 Å². The van der Waals surface area contributed by atoms with Crippen LogP contribution in [0.25, 0.3) is 11.2 Å². The number of nitrogens with one attached hydrogen (secondary N) is 1. The molecule has 2 atom stereocenters. The predicted octanol–water partition coefficient (Wildman–Crippen LogP) is 1.42. The normalized spacial score (nSPS) is 14.5. The van der Waals surface area contributed by atoms with Gasteiger partial charge in [0.15, 0.2) is 5.65 Å². The van der Waals surface area contributed by atoms with Crippen molar-refractivity contribution in [1.29, 1.82) is 0 Å². The van der Waals surface area contributed by atoms with Gasteiger partial charge in [0.25, 0.3) is 0 Å². The maximum Gasteiger partial charge on any atom is 0.180 e. The van der Waals surface area contributed by atoms with E-state index in [1.807, 2.05) is 12.1 Å². The van der Waals surface area contributed by atoms with E-state index < -0.39 is 0 Å². The zero-order valence-electron chi connectivity index (χ0n) is 10.1. The Hall–Kier alpha value is -1.75. The molecule has 0 aliphatic rings. The molecule has 2 unspecified atom stereocenters. The summed E-state index contributed by atoms with van der Waals surface area (Å²) in [6, 6.07) is 4.11. The van der Waals surface area contributed by atoms with Crippen LogP contribution in [0, 0.1) is 5.92 Å². The van der Waals surface area contributed by atoms with E-state index in [0.29, 0.717) is 18.1 Å². The summed E-state index contributed by atoms with van der Waals surface area (Å²) in [6.07, 6.45) is 3.31. The second kappa shape index (κ2) is 5.05. The summed E-state index contributed by atoms with van der Waals surface area (Å²) in [4.78, 5) is 12.8. The molecular formula is C12H17N5. The second-order valence-electron chi connectivity index (χ2n) is 4.24. The minimum atomic E-state index is 0.279. The average molecular weight is 231 g/mol. The lowest BCUT2D eigenvalue weighted by molar-refractivity contribution is 0.520. The predicted molar refractivity (Wildman–Crippen MR) is 68.6 cm³/mol. The van der Waals surface area contributed by atoms with Crippen molar-refractivity contribution >= 4 is 17.0 Å². The number of nitrogens with zero attached hydrogens (tertiary/aromatic N) is 3. The summed E-state index contributed by atoms with van der Waals surface area (Å²) in [5.74, 6) is 1.21. The van der Waals surface area contributed by atoms with Gasteiger partial charge in [0.05, 0.1) is 0 Å². The van der Waals surface area contributed by atoms with E-state index in [0.717, 1.165) is 11.3 Å². The molecule has 5 nitrogen and oxygen atoms in total. The van der Waals surface area contributed by atoms with Crippen molar-refractivity contribution in [2.24, 2.45) is 11.7 Å². The number of pyridine rings is 1. The van der Waals surface area contributed by atoms with Gasteiger partial charge in [-0.15, -0.1) is 0 Å². The molecule has 0 saturated carbocycles. The second-order valence-corrected chi connectivity index (χ2v) is 4.24. The molecule has 5 heteroatoms. The van der Waals surface area contributed by atoms with E-state index in [1.165, 1.54) is 0 Å². The standard InChI is InChI=1S/C12H17N5/c1-8(7-13)9(2)16-11-4-3-10-12(17-11)15-6-5-14-10/h3-6,8-9H,7,13H2,1-2H3,(H,15,16,17). The Kier molecular flexibility index (Phi) is 3.49. The van der Waals surface area contributed by atoms with E-state index in [2.05, 4.69) is 34.1 Å². The fourth-order valence-corrected chi connectivity index (χ4v) is 1.51. The lowest BCUT2D eigenvalue weighted by Crippen LogP contribution is -2.29. The highest BCUT2D eigenvalue weighted by molar-refractivity contribution is 5.71. The minimum absolute atomic E-state index is 0.279. The first-order chi connectivity index (χ1) is 8.20. The van der Waals surface area contributed by atoms with Gasteiger partial charge in [0.1, 0.15) is 11.3 Å². The molecule has 0 spiro atoms. The third-order valence-corrected chi connectivity index (χ3v) is 2.93. The molecule has 0 aliphatic heterocycles. The summed E-state index contributed by atoms with van der Waals surface area (Å²) in [7, 11) is 0. The highest BCUT2D eigenvalue weighted by Crippen LogP contribution is 2.13. The van der Waals surface area contributed by atoms with Crippen LogP contribution >= 0.6 is 0 Å². The molecule has 2 aromatic rings. The lowest BCUT2D eigenvalue weighted by atomic mass is 10.0. The van der Waals surface area contributed by atoms with Gasteiger partial charge < -0.3 is 11.1 Å². The maximum absolute atomic E-state index is 5.63. The summed E-state index contributed by atoms with van der Waals surface area (Å²) in [5, 5.41) is 3.33. The number of hydrogen-bond acceptors (Lipinski definition) is 5. The third-order valence-electron chi connectivity index (χ3n) is 2.93. The van der Waals surface area contributed by atoms with Gasteiger partial charge in [-0.3, -0.25) is 4.98 Å². The molecule has 0 aromatic carbocycles. The molecule has 0 fully saturated rings. The van der Waals surface area contributed by atoms with Crippen LogP contribution in [0.3, 0.4) is 0 Å². The molecule has 2 heterocycles. The van der Waals surface area contributed by atoms with Gasteiger partial charge >= 0.3 is 0 Å². The summed E-state index contributed by atoms with van der Waals surface area (Å²) < 4.78 is 0. The Morgan fingerprint density at radius 3 is 2.76 bits per heavy atom. The van der Waals surface area contributed by atoms with Crippen LogP contribution in [0.2, 0.25) is 0 Å². The van der Waals surface area contributed by atoms with Crippen LogP contribution in [0.1, 0.15) is 13.8 Å². The third kappa shape index (κ3) is 2.68. The summed E-state index contributed by atoms with van der Waals surface area (Å²) >= 11 is 0. The summed E-state index contributed by atoms with van der Waals surface area (Å²) in [5.41, 5.74) is 7.10. The minimum Gasteiger partial charge on any atom is -0.367 e. The van der Waals surface area contributed by atoms with Crippen LogP contribution in [0.4, 0.5) is 5.82 Å². The van der Waals surface area contributed by atoms with Gasteiger partial charge in [-0.05, 0) is 31.5 Å². The maximum atomic E-state index is 5.63. The van der Waals surface area contributed by atoms with Crippen LogP contribution in [-0.4, -0.2) is 27.5 Å². The average Bonchev–Trinajstić information content (AvgIpc) is 2.37. The number of aromatic nitrogens is 3. The number of rotatable bonds is 4. The Bertz CT molecular complexity index is 499. The fourth-order valence-electron chi connectivity index (χ4n) is 1.51. The van der Waals surface area contributed by atoms with Gasteiger partial charge in [-0.2, -0.15) is 0 Å². The smallest absolute Gasteiger partial charge is 0.180 e. The quantitative estimate of drug-likeness (QED) is 0.832. The van der Waals surface area contributed by atoms with Crippen molar-refractivity contribution in [2.75, 3.05) is 11.9 Å². The first kappa shape index (κ1) is 11.7. The lowest BCUT2D eigenvalue weighted by Gasteiger charge is -2.20. The summed E-state index contributed by atoms with van der Waals surface area (Å²) in [6.45, 7) is 4.86. The van der Waals surface area contributed by atoms with Crippen molar-refractivity contribution in [2.45, 2.75) is 19.9 Å². The van der Waals surface area contributed by atoms with E-state index in [-0.39, 0.29) is 6.04 Å². The van der Waals surface area contributed by atoms with Gasteiger partial charge in [-0.25, -0.2) is 9.97 Å². The van der Waals surface area contributed by atoms with Crippen LogP contribution in [0.5, 0.6) is 0 Å². The molecular weight excluding hydrogens is 214 g/mol. The fraction of sp³-hybridized carbons (Fsp3) is 0.417. The molecule has 17 heavy (non-hydrogen) atoms. The van der Waals surface area contributed by atoms with Crippen molar-refractivity contribution in [3.05, 3.63) is 24.5 Å². The Labute approximate surface area is 100 Å². The molecule has 0 amide bonds. The van der Waals surface area contributed by atoms with Gasteiger partial charge in [-0.1, -0.05) is 6.92 Å². The van der Waals surface area contributed by atoms with E-state index in [9.17, 15) is 0 Å². The highest BCUT2D eigenvalue weighted by atomic mass is 15.0. The number of anilines is 1. The first-order valence-corrected chi connectivity index (χ1v) is 5.75. The molecule has 2 aromatic heterocycles. The monoisotopic (exact) mass is 231 g/mol. The molecule has 0 radical (unpaired) electrons. The zero-order chi connectivity index (χ0) is 12.3. The molecule has 0 saturated heterocycles. The van der Waals surface area contributed by atoms with E-state index in [1.54, 1.807) is 12.4 Å². The topological polar surface area (TPSA) is 76.7 Å². The van der Waals surface area contributed by atoms with Crippen LogP contribution in [-0.2, 0) is 0 Å². The highest BCUT2D eigenvalue weighted by Gasteiger charge is 2.10. The molecule has 0 bridgehead atoms. The van der Waals surface area contributed by atoms with Crippen LogP contribution in [0.15, 0.2) is 24.5 Å². The Morgan fingerprint density at radius 2 is 2.00 bits per heavy atom. The van der Waals surface area contributed by atoms with Crippen molar-refractivity contribution in [3.63, 3.8) is 0 Å². The van der Waals surface area contributed by atoms with Crippen molar-refractivity contribution in [3.8, 4) is 0 Å². The largest absolute Gasteiger partial charge is 0.367 e. The first-order valence-electron chi connectivity index (χ1n) is 5.75. The molecule has 2 rings (SSSR count). The van der Waals surface area contributed by atoms with Crippen molar-refractivity contribution < 1.29 is 0 Å². The SMILES string of the molecule is CC(CN)C(C)Nc1ccc2nccnc2n1. The van der Waals surface area contributed by atoms with Gasteiger partial charge in [0, 0.05) is 18.4 Å². The molecule has 3 N–H and O–H groups in total. The number of fused-ring (bicyclic) bond motifs is 1. The van der Waals surface area contributed by atoms with E-state index >= 15 is 0 Å². The Morgan fingerprint density at radius 1 is 1.24 bits per heavy atom. The van der Waals surface area contributed by atoms with Crippen LogP contribution < -0.4 is 11.1 Å². The number of nitrogens with two attached hydrogens (primary N) is 1. The Balaban J connectivity index is 2.19. The van der Waals surface area contributed by atoms with Crippen molar-refractivity contribution in [1.82, 2.24) is 15.0 Å². The van der Waals surface area contributed by atoms with E-state index in [4.69, 9.17) is 5.73 Å². The molecule has 90 valence electrons. The molecule has 0 aliphatic carbocycles.